The van der Waals surface area contributed by atoms with Crippen LogP contribution in [0.3, 0.4) is 0 Å². The van der Waals surface area contributed by atoms with Gasteiger partial charge in [0.15, 0.2) is 0 Å². The zero-order chi connectivity index (χ0) is 16.0. The second-order valence-electron chi connectivity index (χ2n) is 6.29. The van der Waals surface area contributed by atoms with Gasteiger partial charge in [-0.1, -0.05) is 19.1 Å². The van der Waals surface area contributed by atoms with Gasteiger partial charge in [-0.25, -0.2) is 9.59 Å². The van der Waals surface area contributed by atoms with Crippen molar-refractivity contribution in [3.63, 3.8) is 0 Å². The van der Waals surface area contributed by atoms with Crippen LogP contribution < -0.4 is 5.32 Å². The number of methoxy groups -OCH3 is 1. The van der Waals surface area contributed by atoms with Crippen LogP contribution in [0.25, 0.3) is 0 Å². The van der Waals surface area contributed by atoms with E-state index in [0.29, 0.717) is 5.92 Å². The highest BCUT2D eigenvalue weighted by atomic mass is 16.6. The molecule has 0 aromatic carbocycles. The molecule has 2 atom stereocenters. The first-order valence-corrected chi connectivity index (χ1v) is 7.19. The molecule has 1 aliphatic carbocycles. The zero-order valence-corrected chi connectivity index (χ0v) is 13.4. The Morgan fingerprint density at radius 2 is 2.00 bits per heavy atom. The summed E-state index contributed by atoms with van der Waals surface area (Å²) in [6.07, 6.45) is 6.58. The molecule has 0 unspecified atom stereocenters. The molecule has 0 bridgehead atoms. The summed E-state index contributed by atoms with van der Waals surface area (Å²) in [5, 5.41) is 2.79. The van der Waals surface area contributed by atoms with Gasteiger partial charge in [-0.3, -0.25) is 5.32 Å². The van der Waals surface area contributed by atoms with Crippen molar-refractivity contribution in [1.29, 1.82) is 0 Å². The third-order valence-electron chi connectivity index (χ3n) is 3.11. The summed E-state index contributed by atoms with van der Waals surface area (Å²) in [5.41, 5.74) is 0.241. The molecule has 0 spiro atoms. The van der Waals surface area contributed by atoms with E-state index in [1.807, 2.05) is 26.8 Å². The van der Waals surface area contributed by atoms with Gasteiger partial charge in [0.05, 0.1) is 7.11 Å². The van der Waals surface area contributed by atoms with Crippen molar-refractivity contribution in [3.8, 4) is 0 Å². The minimum Gasteiger partial charge on any atom is -0.466 e. The van der Waals surface area contributed by atoms with E-state index in [4.69, 9.17) is 4.74 Å². The molecule has 0 saturated heterocycles. The summed E-state index contributed by atoms with van der Waals surface area (Å²) < 4.78 is 9.85. The molecule has 1 N–H and O–H groups in total. The molecule has 0 saturated carbocycles. The van der Waals surface area contributed by atoms with Gasteiger partial charge in [0.2, 0.25) is 0 Å². The maximum absolute atomic E-state index is 11.9. The van der Waals surface area contributed by atoms with E-state index in [-0.39, 0.29) is 5.92 Å². The van der Waals surface area contributed by atoms with Gasteiger partial charge >= 0.3 is 12.1 Å². The van der Waals surface area contributed by atoms with Crippen LogP contribution >= 0.6 is 0 Å². The van der Waals surface area contributed by atoms with Crippen LogP contribution in [-0.4, -0.2) is 24.8 Å². The number of rotatable bonds is 3. The van der Waals surface area contributed by atoms with Crippen LogP contribution in [-0.2, 0) is 14.3 Å². The molecular formula is C16H25NO4. The van der Waals surface area contributed by atoms with Crippen molar-refractivity contribution < 1.29 is 19.1 Å². The van der Waals surface area contributed by atoms with Gasteiger partial charge in [0, 0.05) is 17.7 Å². The van der Waals surface area contributed by atoms with E-state index in [9.17, 15) is 9.59 Å². The number of esters is 1. The van der Waals surface area contributed by atoms with Gasteiger partial charge in [0.1, 0.15) is 5.60 Å². The lowest BCUT2D eigenvalue weighted by atomic mass is 9.86. The van der Waals surface area contributed by atoms with Gasteiger partial charge in [-0.05, 0) is 39.5 Å². The third-order valence-corrected chi connectivity index (χ3v) is 3.11. The number of hydrogen-bond donors (Lipinski definition) is 1. The van der Waals surface area contributed by atoms with E-state index < -0.39 is 17.7 Å². The second kappa shape index (κ2) is 7.29. The molecule has 0 fully saturated rings. The first kappa shape index (κ1) is 17.3. The summed E-state index contributed by atoms with van der Waals surface area (Å²) in [7, 11) is 1.34. The highest BCUT2D eigenvalue weighted by molar-refractivity contribution is 5.81. The number of ether oxygens (including phenoxy) is 2. The van der Waals surface area contributed by atoms with Gasteiger partial charge in [0.25, 0.3) is 0 Å². The lowest BCUT2D eigenvalue weighted by Crippen LogP contribution is -2.35. The van der Waals surface area contributed by atoms with Crippen LogP contribution in [0.4, 0.5) is 4.79 Å². The van der Waals surface area contributed by atoms with Crippen LogP contribution in [0.2, 0.25) is 0 Å². The molecule has 0 aromatic rings. The Hall–Kier alpha value is -1.78. The van der Waals surface area contributed by atoms with Crippen LogP contribution in [0.1, 0.15) is 40.5 Å². The normalized spacial score (nSPS) is 22.6. The first-order chi connectivity index (χ1) is 9.71. The second-order valence-corrected chi connectivity index (χ2v) is 6.29. The highest BCUT2D eigenvalue weighted by Gasteiger charge is 2.23. The molecule has 21 heavy (non-hydrogen) atoms. The fourth-order valence-electron chi connectivity index (χ4n) is 2.13. The van der Waals surface area contributed by atoms with Crippen molar-refractivity contribution in [2.45, 2.75) is 46.1 Å². The Labute approximate surface area is 126 Å². The minimum atomic E-state index is -0.539. The SMILES string of the molecule is COC(=O)C=C[C@@H]1CC[C@@H](C)C=C1NC(=O)OC(C)(C)C. The Bertz CT molecular complexity index is 446. The molecule has 118 valence electrons. The molecule has 1 aliphatic rings. The van der Waals surface area contributed by atoms with Crippen molar-refractivity contribution in [2.24, 2.45) is 11.8 Å². The van der Waals surface area contributed by atoms with E-state index in [2.05, 4.69) is 17.0 Å². The maximum atomic E-state index is 11.9. The Morgan fingerprint density at radius 3 is 2.57 bits per heavy atom. The summed E-state index contributed by atoms with van der Waals surface area (Å²) >= 11 is 0. The summed E-state index contributed by atoms with van der Waals surface area (Å²) in [5.74, 6) is -0.0178. The smallest absolute Gasteiger partial charge is 0.411 e. The van der Waals surface area contributed by atoms with Crippen molar-refractivity contribution >= 4 is 12.1 Å². The number of alkyl carbamates (subject to hydrolysis) is 1. The molecule has 0 aliphatic heterocycles. The quantitative estimate of drug-likeness (QED) is 0.641. The molecule has 5 heteroatoms. The van der Waals surface area contributed by atoms with E-state index in [1.165, 1.54) is 13.2 Å². The number of allylic oxidation sites excluding steroid dienone is 2. The van der Waals surface area contributed by atoms with Crippen LogP contribution in [0.5, 0.6) is 0 Å². The highest BCUT2D eigenvalue weighted by Crippen LogP contribution is 2.28. The standard InChI is InChI=1S/C16H25NO4/c1-11-6-7-12(8-9-14(18)20-5)13(10-11)17-15(19)21-16(2,3)4/h8-12H,6-7H2,1-5H3,(H,17,19)/t11-,12+/m1/s1. The Balaban J connectivity index is 2.76. The van der Waals surface area contributed by atoms with Crippen molar-refractivity contribution in [1.82, 2.24) is 5.32 Å². The van der Waals surface area contributed by atoms with Crippen LogP contribution in [0, 0.1) is 11.8 Å². The lowest BCUT2D eigenvalue weighted by molar-refractivity contribution is -0.134. The number of carbonyl (C=O) groups is 2. The third kappa shape index (κ3) is 6.47. The molecule has 1 amide bonds. The average Bonchev–Trinajstić information content (AvgIpc) is 2.35. The van der Waals surface area contributed by atoms with Crippen LogP contribution in [0.15, 0.2) is 23.9 Å². The largest absolute Gasteiger partial charge is 0.466 e. The fourth-order valence-corrected chi connectivity index (χ4v) is 2.13. The van der Waals surface area contributed by atoms with Gasteiger partial charge < -0.3 is 9.47 Å². The predicted molar refractivity (Wildman–Crippen MR) is 80.5 cm³/mol. The monoisotopic (exact) mass is 295 g/mol. The van der Waals surface area contributed by atoms with Crippen molar-refractivity contribution in [2.75, 3.05) is 7.11 Å². The number of hydrogen-bond acceptors (Lipinski definition) is 4. The summed E-state index contributed by atoms with van der Waals surface area (Å²) in [4.78, 5) is 23.1. The zero-order valence-electron chi connectivity index (χ0n) is 13.4. The minimum absolute atomic E-state index is 0.00665. The Kier molecular flexibility index (Phi) is 6.00. The molecule has 0 radical (unpaired) electrons. The molecule has 5 nitrogen and oxygen atoms in total. The average molecular weight is 295 g/mol. The molecule has 1 rings (SSSR count). The maximum Gasteiger partial charge on any atom is 0.411 e. The molecule has 0 heterocycles. The van der Waals surface area contributed by atoms with E-state index in [0.717, 1.165) is 18.5 Å². The van der Waals surface area contributed by atoms with E-state index >= 15 is 0 Å². The van der Waals surface area contributed by atoms with Gasteiger partial charge in [-0.15, -0.1) is 0 Å². The lowest BCUT2D eigenvalue weighted by Gasteiger charge is -2.27. The van der Waals surface area contributed by atoms with E-state index in [1.54, 1.807) is 6.08 Å². The topological polar surface area (TPSA) is 64.6 Å². The number of nitrogens with one attached hydrogen (secondary N) is 1. The number of amides is 1. The first-order valence-electron chi connectivity index (χ1n) is 7.19. The molecular weight excluding hydrogens is 270 g/mol. The van der Waals surface area contributed by atoms with Crippen molar-refractivity contribution in [3.05, 3.63) is 23.9 Å². The predicted octanol–water partition coefficient (Wildman–Crippen LogP) is 3.17. The Morgan fingerprint density at radius 1 is 1.33 bits per heavy atom. The van der Waals surface area contributed by atoms with Gasteiger partial charge in [-0.2, -0.15) is 0 Å². The summed E-state index contributed by atoms with van der Waals surface area (Å²) in [6, 6.07) is 0. The molecule has 0 aromatic heterocycles. The fraction of sp³-hybridized carbons (Fsp3) is 0.625. The summed E-state index contributed by atoms with van der Waals surface area (Å²) in [6.45, 7) is 7.55. The number of carbonyl (C=O) groups excluding carboxylic acids is 2.